The molecule has 4 nitrogen and oxygen atoms in total. The van der Waals surface area contributed by atoms with Crippen molar-refractivity contribution in [1.82, 2.24) is 0 Å². The second-order valence-corrected chi connectivity index (χ2v) is 3.05. The minimum atomic E-state index is -1.35. The number of allylic oxidation sites excluding steroid dienone is 2. The van der Waals surface area contributed by atoms with Crippen LogP contribution in [0.25, 0.3) is 0 Å². The molecule has 0 aliphatic heterocycles. The van der Waals surface area contributed by atoms with Crippen LogP contribution in [-0.4, -0.2) is 49.7 Å². The summed E-state index contributed by atoms with van der Waals surface area (Å²) in [5.41, 5.74) is 0. The van der Waals surface area contributed by atoms with E-state index in [0.717, 1.165) is 6.42 Å². The Hall–Kier alpha value is -0.0603. The van der Waals surface area contributed by atoms with Crippen LogP contribution in [0.3, 0.4) is 0 Å². The van der Waals surface area contributed by atoms with Gasteiger partial charge in [0.1, 0.15) is 0 Å². The van der Waals surface area contributed by atoms with Crippen molar-refractivity contribution in [3.8, 4) is 0 Å². The van der Waals surface area contributed by atoms with E-state index in [1.54, 1.807) is 0 Å². The molecule has 1 atom stereocenters. The Morgan fingerprint density at radius 1 is 1.27 bits per heavy atom. The molecule has 0 saturated heterocycles. The van der Waals surface area contributed by atoms with Gasteiger partial charge in [-0.25, -0.2) is 0 Å². The fraction of sp³-hybridized carbons (Fsp3) is 0.600. The van der Waals surface area contributed by atoms with Crippen LogP contribution in [0.2, 0.25) is 0 Å². The van der Waals surface area contributed by atoms with Gasteiger partial charge in [0.2, 0.25) is 0 Å². The first kappa shape index (κ1) is 17.3. The van der Waals surface area contributed by atoms with E-state index < -0.39 is 24.3 Å². The molecule has 0 spiro atoms. The molecule has 0 aliphatic rings. The van der Waals surface area contributed by atoms with Crippen molar-refractivity contribution >= 4 is 49.7 Å². The van der Waals surface area contributed by atoms with E-state index in [2.05, 4.69) is 0 Å². The summed E-state index contributed by atoms with van der Waals surface area (Å²) in [4.78, 5) is 20.7. The molecule has 0 heterocycles. The van der Waals surface area contributed by atoms with Crippen molar-refractivity contribution in [1.29, 1.82) is 0 Å². The van der Waals surface area contributed by atoms with Gasteiger partial charge in [-0.05, 0) is 25.7 Å². The quantitative estimate of drug-likeness (QED) is 0.415. The van der Waals surface area contributed by atoms with E-state index >= 15 is 0 Å². The van der Waals surface area contributed by atoms with Gasteiger partial charge < -0.3 is 19.8 Å². The maximum atomic E-state index is 10.5. The smallest absolute Gasteiger partial charge is 0.550 e. The molecular weight excluding hydrogens is 224 g/mol. The minimum Gasteiger partial charge on any atom is -0.550 e. The van der Waals surface area contributed by atoms with Crippen LogP contribution in [0.5, 0.6) is 0 Å². The molecule has 0 aromatic heterocycles. The van der Waals surface area contributed by atoms with E-state index in [1.807, 2.05) is 19.1 Å². The van der Waals surface area contributed by atoms with Crippen molar-refractivity contribution in [2.24, 2.45) is 5.92 Å². The SMILES string of the molecule is CC/C=C/CCC(CC(=O)[O-])C(=O)[O-].[Ca+2]. The average Bonchev–Trinajstić information content (AvgIpc) is 2.09. The number of carboxylic acids is 2. The van der Waals surface area contributed by atoms with Crippen LogP contribution in [0, 0.1) is 5.92 Å². The Labute approximate surface area is 119 Å². The molecule has 80 valence electrons. The predicted molar refractivity (Wildman–Crippen MR) is 52.5 cm³/mol. The summed E-state index contributed by atoms with van der Waals surface area (Å²) in [7, 11) is 0. The number of carboxylic acid groups (broad SMARTS) is 2. The summed E-state index contributed by atoms with van der Waals surface area (Å²) in [6.07, 6.45) is 5.00. The fourth-order valence-corrected chi connectivity index (χ4v) is 1.09. The first-order valence-corrected chi connectivity index (χ1v) is 4.63. The molecule has 0 radical (unpaired) electrons. The third-order valence-electron chi connectivity index (χ3n) is 1.83. The van der Waals surface area contributed by atoms with Crippen LogP contribution in [0.15, 0.2) is 12.2 Å². The van der Waals surface area contributed by atoms with Crippen LogP contribution in [0.4, 0.5) is 0 Å². The van der Waals surface area contributed by atoms with Gasteiger partial charge in [0, 0.05) is 17.9 Å². The average molecular weight is 238 g/mol. The Morgan fingerprint density at radius 3 is 2.27 bits per heavy atom. The number of hydrogen-bond acceptors (Lipinski definition) is 4. The maximum Gasteiger partial charge on any atom is 2.00 e. The van der Waals surface area contributed by atoms with E-state index in [-0.39, 0.29) is 44.2 Å². The van der Waals surface area contributed by atoms with Gasteiger partial charge in [0.05, 0.1) is 0 Å². The Morgan fingerprint density at radius 2 is 1.87 bits per heavy atom. The van der Waals surface area contributed by atoms with Gasteiger partial charge in [0.15, 0.2) is 0 Å². The Balaban J connectivity index is 0. The van der Waals surface area contributed by atoms with Crippen LogP contribution in [-0.2, 0) is 9.59 Å². The zero-order valence-electron chi connectivity index (χ0n) is 8.90. The molecule has 15 heavy (non-hydrogen) atoms. The molecule has 0 aliphatic carbocycles. The first-order valence-electron chi connectivity index (χ1n) is 4.63. The van der Waals surface area contributed by atoms with Gasteiger partial charge in [-0.3, -0.25) is 0 Å². The number of rotatable bonds is 7. The molecular formula is C10H14CaO4. The van der Waals surface area contributed by atoms with Crippen molar-refractivity contribution in [2.75, 3.05) is 0 Å². The number of carbonyl (C=O) groups is 2. The molecule has 0 rings (SSSR count). The molecule has 0 aromatic rings. The standard InChI is InChI=1S/C10H16O4.Ca/c1-2-3-4-5-6-8(10(13)14)7-9(11)12;/h3-4,8H,2,5-7H2,1H3,(H,11,12)(H,13,14);/q;+2/p-2/b4-3+;. The van der Waals surface area contributed by atoms with E-state index in [9.17, 15) is 19.8 Å². The van der Waals surface area contributed by atoms with Gasteiger partial charge in [-0.1, -0.05) is 19.1 Å². The summed E-state index contributed by atoms with van der Waals surface area (Å²) in [5, 5.41) is 20.7. The monoisotopic (exact) mass is 238 g/mol. The van der Waals surface area contributed by atoms with Crippen LogP contribution >= 0.6 is 0 Å². The largest absolute Gasteiger partial charge is 2.00 e. The zero-order valence-corrected chi connectivity index (χ0v) is 11.1. The van der Waals surface area contributed by atoms with Gasteiger partial charge in [0.25, 0.3) is 0 Å². The second-order valence-electron chi connectivity index (χ2n) is 3.05. The third kappa shape index (κ3) is 10.2. The summed E-state index contributed by atoms with van der Waals surface area (Å²) in [5.74, 6) is -3.61. The van der Waals surface area contributed by atoms with Gasteiger partial charge in [-0.2, -0.15) is 0 Å². The van der Waals surface area contributed by atoms with E-state index in [0.29, 0.717) is 6.42 Å². The molecule has 0 fully saturated rings. The number of hydrogen-bond donors (Lipinski definition) is 0. The summed E-state index contributed by atoms with van der Waals surface area (Å²) >= 11 is 0. The second kappa shape index (κ2) is 10.5. The number of aliphatic carboxylic acids is 2. The Kier molecular flexibility index (Phi) is 12.1. The van der Waals surface area contributed by atoms with Gasteiger partial charge >= 0.3 is 37.7 Å². The predicted octanol–water partition coefficient (Wildman–Crippen LogP) is -1.14. The van der Waals surface area contributed by atoms with Crippen LogP contribution < -0.4 is 10.2 Å². The molecule has 0 saturated carbocycles. The summed E-state index contributed by atoms with van der Waals surface area (Å²) in [6.45, 7) is 1.97. The summed E-state index contributed by atoms with van der Waals surface area (Å²) < 4.78 is 0. The van der Waals surface area contributed by atoms with E-state index in [1.165, 1.54) is 0 Å². The van der Waals surface area contributed by atoms with Crippen molar-refractivity contribution < 1.29 is 19.8 Å². The summed E-state index contributed by atoms with van der Waals surface area (Å²) in [6, 6.07) is 0. The zero-order chi connectivity index (χ0) is 11.0. The minimum absolute atomic E-state index is 0. The Bertz CT molecular complexity index is 225. The van der Waals surface area contributed by atoms with Crippen molar-refractivity contribution in [3.05, 3.63) is 12.2 Å². The van der Waals surface area contributed by atoms with Gasteiger partial charge in [-0.15, -0.1) is 0 Å². The normalized spacial score (nSPS) is 12.1. The molecule has 1 unspecified atom stereocenters. The van der Waals surface area contributed by atoms with Crippen molar-refractivity contribution in [3.63, 3.8) is 0 Å². The first-order chi connectivity index (χ1) is 6.57. The molecule has 0 bridgehead atoms. The molecule has 0 aromatic carbocycles. The topological polar surface area (TPSA) is 80.3 Å². The van der Waals surface area contributed by atoms with E-state index in [4.69, 9.17) is 0 Å². The molecule has 0 N–H and O–H groups in total. The maximum absolute atomic E-state index is 10.5. The fourth-order valence-electron chi connectivity index (χ4n) is 1.09. The number of carbonyl (C=O) groups excluding carboxylic acids is 2. The molecule has 0 amide bonds. The molecule has 5 heteroatoms. The van der Waals surface area contributed by atoms with Crippen LogP contribution in [0.1, 0.15) is 32.6 Å². The van der Waals surface area contributed by atoms with Crippen molar-refractivity contribution in [2.45, 2.75) is 32.6 Å². The third-order valence-corrected chi connectivity index (χ3v) is 1.83.